The Morgan fingerprint density at radius 1 is 1.38 bits per heavy atom. The fourth-order valence-corrected chi connectivity index (χ4v) is 1.52. The van der Waals surface area contributed by atoms with Crippen LogP contribution in [0.5, 0.6) is 0 Å². The smallest absolute Gasteiger partial charge is 0.295 e. The van der Waals surface area contributed by atoms with Gasteiger partial charge >= 0.3 is 0 Å². The van der Waals surface area contributed by atoms with Crippen molar-refractivity contribution in [2.45, 2.75) is 0 Å². The molecule has 0 atom stereocenters. The second-order valence-corrected chi connectivity index (χ2v) is 3.69. The van der Waals surface area contributed by atoms with Crippen molar-refractivity contribution in [1.82, 2.24) is 4.98 Å². The van der Waals surface area contributed by atoms with E-state index in [2.05, 4.69) is 4.98 Å². The van der Waals surface area contributed by atoms with Gasteiger partial charge < -0.3 is 4.90 Å². The van der Waals surface area contributed by atoms with Crippen LogP contribution in [0.25, 0.3) is 10.9 Å². The van der Waals surface area contributed by atoms with Crippen LogP contribution in [0.1, 0.15) is 0 Å². The summed E-state index contributed by atoms with van der Waals surface area (Å²) in [5.41, 5.74) is 1.40. The molecular formula is C11H11N3O2. The number of nitrogens with zero attached hydrogens (tertiary/aromatic N) is 3. The average molecular weight is 217 g/mol. The molecule has 1 heterocycles. The second-order valence-electron chi connectivity index (χ2n) is 3.69. The number of pyridine rings is 1. The van der Waals surface area contributed by atoms with Gasteiger partial charge in [0.15, 0.2) is 0 Å². The van der Waals surface area contributed by atoms with Gasteiger partial charge in [-0.1, -0.05) is 12.1 Å². The number of fused-ring (bicyclic) bond motifs is 1. The highest BCUT2D eigenvalue weighted by Crippen LogP contribution is 2.25. The van der Waals surface area contributed by atoms with E-state index >= 15 is 0 Å². The van der Waals surface area contributed by atoms with Gasteiger partial charge in [-0.3, -0.25) is 10.1 Å². The number of nitro benzene ring substituents is 1. The van der Waals surface area contributed by atoms with Crippen molar-refractivity contribution in [2.75, 3.05) is 19.0 Å². The quantitative estimate of drug-likeness (QED) is 0.571. The highest BCUT2D eigenvalue weighted by Gasteiger charge is 2.12. The number of hydrogen-bond acceptors (Lipinski definition) is 4. The molecule has 82 valence electrons. The molecule has 5 nitrogen and oxygen atoms in total. The Bertz CT molecular complexity index is 552. The Kier molecular flexibility index (Phi) is 2.44. The van der Waals surface area contributed by atoms with Crippen LogP contribution in [-0.4, -0.2) is 24.0 Å². The van der Waals surface area contributed by atoms with Gasteiger partial charge in [-0.05, 0) is 6.07 Å². The largest absolute Gasteiger partial charge is 0.376 e. The van der Waals surface area contributed by atoms with E-state index < -0.39 is 4.92 Å². The van der Waals surface area contributed by atoms with Gasteiger partial charge in [0, 0.05) is 25.5 Å². The molecule has 0 spiro atoms. The van der Waals surface area contributed by atoms with E-state index in [1.54, 1.807) is 12.3 Å². The van der Waals surface area contributed by atoms with Gasteiger partial charge in [0.25, 0.3) is 5.69 Å². The Balaban J connectivity index is 2.69. The number of hydrogen-bond donors (Lipinski definition) is 0. The van der Waals surface area contributed by atoms with Crippen LogP contribution >= 0.6 is 0 Å². The zero-order valence-electron chi connectivity index (χ0n) is 9.04. The molecule has 0 fully saturated rings. The van der Waals surface area contributed by atoms with E-state index in [1.807, 2.05) is 31.1 Å². The highest BCUT2D eigenvalue weighted by molar-refractivity contribution is 5.89. The van der Waals surface area contributed by atoms with Crippen LogP contribution < -0.4 is 4.90 Å². The number of benzene rings is 1. The number of rotatable bonds is 2. The predicted octanol–water partition coefficient (Wildman–Crippen LogP) is 2.21. The lowest BCUT2D eigenvalue weighted by Gasteiger charge is -2.12. The molecule has 1 aromatic heterocycles. The topological polar surface area (TPSA) is 59.3 Å². The van der Waals surface area contributed by atoms with Gasteiger partial charge in [-0.25, -0.2) is 4.98 Å². The minimum Gasteiger partial charge on any atom is -0.376 e. The van der Waals surface area contributed by atoms with Crippen LogP contribution in [0.2, 0.25) is 0 Å². The molecule has 2 aromatic rings. The third kappa shape index (κ3) is 1.67. The summed E-state index contributed by atoms with van der Waals surface area (Å²) in [4.78, 5) is 16.4. The maximum absolute atomic E-state index is 10.8. The molecule has 5 heteroatoms. The molecule has 2 rings (SSSR count). The van der Waals surface area contributed by atoms with Crippen molar-refractivity contribution in [3.05, 3.63) is 40.6 Å². The molecule has 16 heavy (non-hydrogen) atoms. The Labute approximate surface area is 92.5 Å². The summed E-state index contributed by atoms with van der Waals surface area (Å²) in [6.45, 7) is 0. The molecule has 0 aliphatic carbocycles. The van der Waals surface area contributed by atoms with Crippen LogP contribution in [-0.2, 0) is 0 Å². The normalized spacial score (nSPS) is 10.4. The summed E-state index contributed by atoms with van der Waals surface area (Å²) >= 11 is 0. The minimum absolute atomic E-state index is 0.0443. The number of anilines is 1. The number of aromatic nitrogens is 1. The van der Waals surface area contributed by atoms with Gasteiger partial charge in [0.05, 0.1) is 16.8 Å². The molecule has 0 N–H and O–H groups in total. The Morgan fingerprint density at radius 2 is 2.12 bits per heavy atom. The summed E-state index contributed by atoms with van der Waals surface area (Å²) in [6, 6.07) is 6.84. The van der Waals surface area contributed by atoms with Crippen molar-refractivity contribution in [3.63, 3.8) is 0 Å². The van der Waals surface area contributed by atoms with E-state index in [9.17, 15) is 10.1 Å². The molecule has 0 aliphatic heterocycles. The first-order chi connectivity index (χ1) is 7.59. The lowest BCUT2D eigenvalue weighted by atomic mass is 10.2. The van der Waals surface area contributed by atoms with Gasteiger partial charge in [-0.15, -0.1) is 0 Å². The monoisotopic (exact) mass is 217 g/mol. The van der Waals surface area contributed by atoms with E-state index in [1.165, 1.54) is 6.07 Å². The van der Waals surface area contributed by atoms with Crippen LogP contribution in [0, 0.1) is 10.1 Å². The number of para-hydroxylation sites is 1. The maximum Gasteiger partial charge on any atom is 0.295 e. The van der Waals surface area contributed by atoms with Crippen molar-refractivity contribution < 1.29 is 4.92 Å². The molecule has 0 saturated carbocycles. The molecule has 0 unspecified atom stereocenters. The van der Waals surface area contributed by atoms with Crippen molar-refractivity contribution in [2.24, 2.45) is 0 Å². The van der Waals surface area contributed by atoms with E-state index in [4.69, 9.17) is 0 Å². The first-order valence-electron chi connectivity index (χ1n) is 4.80. The average Bonchev–Trinajstić information content (AvgIpc) is 2.27. The molecular weight excluding hydrogens is 206 g/mol. The molecule has 0 bridgehead atoms. The third-order valence-electron chi connectivity index (χ3n) is 2.39. The van der Waals surface area contributed by atoms with Crippen molar-refractivity contribution >= 4 is 22.3 Å². The molecule has 0 saturated heterocycles. The van der Waals surface area contributed by atoms with E-state index in [-0.39, 0.29) is 5.69 Å². The first-order valence-corrected chi connectivity index (χ1v) is 4.80. The third-order valence-corrected chi connectivity index (χ3v) is 2.39. The van der Waals surface area contributed by atoms with Crippen LogP contribution in [0.15, 0.2) is 30.5 Å². The van der Waals surface area contributed by atoms with Gasteiger partial charge in [0.2, 0.25) is 0 Å². The predicted molar refractivity (Wildman–Crippen MR) is 62.7 cm³/mol. The van der Waals surface area contributed by atoms with E-state index in [0.717, 1.165) is 11.1 Å². The van der Waals surface area contributed by atoms with Crippen molar-refractivity contribution in [3.8, 4) is 0 Å². The zero-order chi connectivity index (χ0) is 11.7. The molecule has 0 radical (unpaired) electrons. The zero-order valence-corrected chi connectivity index (χ0v) is 9.04. The Morgan fingerprint density at radius 3 is 2.75 bits per heavy atom. The fourth-order valence-electron chi connectivity index (χ4n) is 1.52. The lowest BCUT2D eigenvalue weighted by molar-refractivity contribution is -0.383. The lowest BCUT2D eigenvalue weighted by Crippen LogP contribution is -2.08. The number of non-ortho nitro benzene ring substituents is 1. The summed E-state index contributed by atoms with van der Waals surface area (Å²) in [6.07, 6.45) is 1.63. The summed E-state index contributed by atoms with van der Waals surface area (Å²) in [5.74, 6) is 0. The van der Waals surface area contributed by atoms with Crippen LogP contribution in [0.4, 0.5) is 11.4 Å². The molecule has 0 aliphatic rings. The minimum atomic E-state index is -0.412. The second kappa shape index (κ2) is 3.77. The SMILES string of the molecule is CN(C)c1cnc2c([N+](=O)[O-])cccc2c1. The molecule has 1 aromatic carbocycles. The Hall–Kier alpha value is -2.17. The van der Waals surface area contributed by atoms with Crippen molar-refractivity contribution in [1.29, 1.82) is 0 Å². The number of nitro groups is 1. The molecule has 0 amide bonds. The fraction of sp³-hybridized carbons (Fsp3) is 0.182. The standard InChI is InChI=1S/C11H11N3O2/c1-13(2)9-6-8-4-3-5-10(14(15)16)11(8)12-7-9/h3-7H,1-2H3. The summed E-state index contributed by atoms with van der Waals surface area (Å²) in [7, 11) is 3.81. The highest BCUT2D eigenvalue weighted by atomic mass is 16.6. The first kappa shape index (κ1) is 10.4. The summed E-state index contributed by atoms with van der Waals surface area (Å²) < 4.78 is 0. The maximum atomic E-state index is 10.8. The van der Waals surface area contributed by atoms with Gasteiger partial charge in [-0.2, -0.15) is 0 Å². The van der Waals surface area contributed by atoms with Crippen LogP contribution in [0.3, 0.4) is 0 Å². The summed E-state index contributed by atoms with van der Waals surface area (Å²) in [5, 5.41) is 11.6. The van der Waals surface area contributed by atoms with E-state index in [0.29, 0.717) is 5.52 Å². The van der Waals surface area contributed by atoms with Gasteiger partial charge in [0.1, 0.15) is 5.52 Å².